The molecule has 0 saturated heterocycles. The fourth-order valence-corrected chi connectivity index (χ4v) is 4.82. The summed E-state index contributed by atoms with van der Waals surface area (Å²) in [6, 6.07) is 12.1. The van der Waals surface area contributed by atoms with Crippen molar-refractivity contribution in [3.63, 3.8) is 0 Å². The van der Waals surface area contributed by atoms with E-state index in [9.17, 15) is 14.4 Å². The standard InChI is InChI=1S/C28H39ClN6O3S/c1-5-25(28(38)33-17-19-9-10-19)30-11-12-31-26(36)21-14-22(16-24(15-21)35(4)39-34(2)3)27(37)32-18-20-7-6-8-23(29)13-20/h6-8,13-16,19,25,30H,5,9-12,17-18H2,1-4H3,(H,31,36)(H,32,37)(H,33,38)/t25-/m0/s1. The van der Waals surface area contributed by atoms with Gasteiger partial charge in [-0.15, -0.1) is 0 Å². The molecule has 0 spiro atoms. The monoisotopic (exact) mass is 574 g/mol. The molecule has 0 aromatic heterocycles. The average Bonchev–Trinajstić information content (AvgIpc) is 3.74. The lowest BCUT2D eigenvalue weighted by Gasteiger charge is -2.22. The molecule has 4 N–H and O–H groups in total. The minimum Gasteiger partial charge on any atom is -0.354 e. The summed E-state index contributed by atoms with van der Waals surface area (Å²) in [5.41, 5.74) is 2.35. The Kier molecular flexibility index (Phi) is 11.9. The third-order valence-electron chi connectivity index (χ3n) is 6.22. The SMILES string of the molecule is CC[C@H](NCCNC(=O)c1cc(C(=O)NCc2cccc(Cl)c2)cc(N(C)SN(C)C)c1)C(=O)NCC1CC1. The van der Waals surface area contributed by atoms with Crippen LogP contribution < -0.4 is 25.6 Å². The van der Waals surface area contributed by atoms with Crippen molar-refractivity contribution in [2.45, 2.75) is 38.8 Å². The summed E-state index contributed by atoms with van der Waals surface area (Å²) in [5, 5.41) is 12.6. The van der Waals surface area contributed by atoms with Crippen molar-refractivity contribution in [2.24, 2.45) is 5.92 Å². The molecule has 11 heteroatoms. The molecule has 2 aromatic carbocycles. The summed E-state index contributed by atoms with van der Waals surface area (Å²) in [6.45, 7) is 3.80. The first-order chi connectivity index (χ1) is 18.7. The average molecular weight is 575 g/mol. The molecule has 1 aliphatic rings. The van der Waals surface area contributed by atoms with Crippen LogP contribution in [-0.4, -0.2) is 68.8 Å². The van der Waals surface area contributed by atoms with E-state index < -0.39 is 0 Å². The van der Waals surface area contributed by atoms with E-state index >= 15 is 0 Å². The van der Waals surface area contributed by atoms with Crippen LogP contribution in [0.4, 0.5) is 5.69 Å². The molecule has 39 heavy (non-hydrogen) atoms. The normalized spacial score (nSPS) is 13.6. The maximum absolute atomic E-state index is 13.1. The molecule has 3 rings (SSSR count). The summed E-state index contributed by atoms with van der Waals surface area (Å²) in [7, 11) is 5.71. The van der Waals surface area contributed by atoms with Crippen LogP contribution in [0.5, 0.6) is 0 Å². The lowest BCUT2D eigenvalue weighted by atomic mass is 10.1. The molecule has 0 radical (unpaired) electrons. The van der Waals surface area contributed by atoms with E-state index in [1.807, 2.05) is 48.8 Å². The van der Waals surface area contributed by atoms with Crippen LogP contribution in [0.2, 0.25) is 5.02 Å². The maximum Gasteiger partial charge on any atom is 0.251 e. The van der Waals surface area contributed by atoms with Gasteiger partial charge in [0.25, 0.3) is 11.8 Å². The van der Waals surface area contributed by atoms with Gasteiger partial charge < -0.3 is 25.6 Å². The van der Waals surface area contributed by atoms with Crippen LogP contribution in [0.25, 0.3) is 0 Å². The van der Waals surface area contributed by atoms with Gasteiger partial charge in [0.1, 0.15) is 0 Å². The Morgan fingerprint density at radius 3 is 2.28 bits per heavy atom. The largest absolute Gasteiger partial charge is 0.354 e. The molecule has 1 atom stereocenters. The number of carbonyl (C=O) groups excluding carboxylic acids is 3. The molecule has 1 aliphatic carbocycles. The lowest BCUT2D eigenvalue weighted by molar-refractivity contribution is -0.123. The number of hydrogen-bond donors (Lipinski definition) is 4. The van der Waals surface area contributed by atoms with Crippen LogP contribution in [-0.2, 0) is 11.3 Å². The molecule has 2 aromatic rings. The van der Waals surface area contributed by atoms with E-state index in [1.54, 1.807) is 30.3 Å². The number of anilines is 1. The number of carbonyl (C=O) groups is 3. The molecule has 0 unspecified atom stereocenters. The maximum atomic E-state index is 13.1. The van der Waals surface area contributed by atoms with Crippen molar-refractivity contribution in [1.29, 1.82) is 0 Å². The second kappa shape index (κ2) is 15.1. The lowest BCUT2D eigenvalue weighted by Crippen LogP contribution is -2.46. The summed E-state index contributed by atoms with van der Waals surface area (Å²) in [4.78, 5) is 38.5. The first kappa shape index (κ1) is 30.7. The molecule has 0 heterocycles. The summed E-state index contributed by atoms with van der Waals surface area (Å²) in [5.74, 6) is 0.0367. The van der Waals surface area contributed by atoms with Crippen molar-refractivity contribution in [2.75, 3.05) is 45.1 Å². The molecular formula is C28H39ClN6O3S. The Morgan fingerprint density at radius 2 is 1.67 bits per heavy atom. The number of amides is 3. The smallest absolute Gasteiger partial charge is 0.251 e. The molecule has 3 amide bonds. The second-order valence-corrected chi connectivity index (χ2v) is 11.7. The number of nitrogens with one attached hydrogen (secondary N) is 4. The van der Waals surface area contributed by atoms with E-state index in [2.05, 4.69) is 21.3 Å². The number of nitrogens with zero attached hydrogens (tertiary/aromatic N) is 2. The zero-order valence-electron chi connectivity index (χ0n) is 23.1. The Labute approximate surface area is 240 Å². The predicted molar refractivity (Wildman–Crippen MR) is 159 cm³/mol. The molecule has 1 fully saturated rings. The van der Waals surface area contributed by atoms with Crippen LogP contribution in [0.1, 0.15) is 52.5 Å². The third kappa shape index (κ3) is 10.4. The van der Waals surface area contributed by atoms with Crippen molar-refractivity contribution in [3.8, 4) is 0 Å². The number of rotatable bonds is 15. The van der Waals surface area contributed by atoms with E-state index in [-0.39, 0.29) is 23.8 Å². The highest BCUT2D eigenvalue weighted by molar-refractivity contribution is 7.98. The molecule has 9 nitrogen and oxygen atoms in total. The van der Waals surface area contributed by atoms with Crippen molar-refractivity contribution < 1.29 is 14.4 Å². The predicted octanol–water partition coefficient (Wildman–Crippen LogP) is 3.46. The van der Waals surface area contributed by atoms with E-state index in [4.69, 9.17) is 11.6 Å². The van der Waals surface area contributed by atoms with Crippen molar-refractivity contribution >= 4 is 47.1 Å². The molecular weight excluding hydrogens is 536 g/mol. The first-order valence-electron chi connectivity index (χ1n) is 13.2. The van der Waals surface area contributed by atoms with Gasteiger partial charge in [-0.25, -0.2) is 4.31 Å². The summed E-state index contributed by atoms with van der Waals surface area (Å²) in [6.07, 6.45) is 3.04. The van der Waals surface area contributed by atoms with E-state index in [1.165, 1.54) is 25.0 Å². The number of halogens is 1. The highest BCUT2D eigenvalue weighted by Gasteiger charge is 2.23. The van der Waals surface area contributed by atoms with Crippen molar-refractivity contribution in [1.82, 2.24) is 25.6 Å². The Balaban J connectivity index is 1.62. The van der Waals surface area contributed by atoms with Crippen LogP contribution in [0, 0.1) is 5.92 Å². The van der Waals surface area contributed by atoms with Gasteiger partial charge in [0.05, 0.1) is 6.04 Å². The molecule has 212 valence electrons. The molecule has 0 aliphatic heterocycles. The fourth-order valence-electron chi connectivity index (χ4n) is 3.92. The minimum absolute atomic E-state index is 0.00159. The highest BCUT2D eigenvalue weighted by atomic mass is 35.5. The summed E-state index contributed by atoms with van der Waals surface area (Å²) >= 11 is 7.50. The molecule has 1 saturated carbocycles. The van der Waals surface area contributed by atoms with E-state index in [0.29, 0.717) is 53.8 Å². The van der Waals surface area contributed by atoms with Crippen molar-refractivity contribution in [3.05, 3.63) is 64.2 Å². The van der Waals surface area contributed by atoms with Gasteiger partial charge in [-0.2, -0.15) is 0 Å². The van der Waals surface area contributed by atoms with Gasteiger partial charge >= 0.3 is 0 Å². The fraction of sp³-hybridized carbons (Fsp3) is 0.464. The Morgan fingerprint density at radius 1 is 0.974 bits per heavy atom. The summed E-state index contributed by atoms with van der Waals surface area (Å²) < 4.78 is 3.81. The number of hydrogen-bond acceptors (Lipinski definition) is 7. The Bertz CT molecular complexity index is 1140. The quantitative estimate of drug-likeness (QED) is 0.191. The zero-order valence-corrected chi connectivity index (χ0v) is 24.6. The third-order valence-corrected chi connectivity index (χ3v) is 7.24. The second-order valence-electron chi connectivity index (χ2n) is 9.83. The van der Waals surface area contributed by atoms with Gasteiger partial charge in [-0.1, -0.05) is 30.7 Å². The van der Waals surface area contributed by atoms with Gasteiger partial charge in [-0.3, -0.25) is 14.4 Å². The van der Waals surface area contributed by atoms with E-state index in [0.717, 1.165) is 12.1 Å². The van der Waals surface area contributed by atoms with Gasteiger partial charge in [-0.05, 0) is 75.2 Å². The highest BCUT2D eigenvalue weighted by Crippen LogP contribution is 2.27. The Hall–Kier alpha value is -2.79. The molecule has 0 bridgehead atoms. The van der Waals surface area contributed by atoms with Gasteiger partial charge in [0.2, 0.25) is 5.91 Å². The first-order valence-corrected chi connectivity index (χ1v) is 14.3. The van der Waals surface area contributed by atoms with Crippen LogP contribution in [0.15, 0.2) is 42.5 Å². The topological polar surface area (TPSA) is 106 Å². The number of benzene rings is 2. The van der Waals surface area contributed by atoms with Crippen LogP contribution >= 0.6 is 23.7 Å². The van der Waals surface area contributed by atoms with Gasteiger partial charge in [0, 0.05) is 67.2 Å². The zero-order chi connectivity index (χ0) is 28.4. The van der Waals surface area contributed by atoms with Gasteiger partial charge in [0.15, 0.2) is 0 Å². The minimum atomic E-state index is -0.296. The van der Waals surface area contributed by atoms with Crippen LogP contribution in [0.3, 0.4) is 0 Å².